The van der Waals surface area contributed by atoms with Gasteiger partial charge in [0.2, 0.25) is 5.91 Å². The predicted octanol–water partition coefficient (Wildman–Crippen LogP) is 2.10. The summed E-state index contributed by atoms with van der Waals surface area (Å²) in [7, 11) is 0. The molecule has 0 saturated carbocycles. The van der Waals surface area contributed by atoms with Crippen LogP contribution in [-0.2, 0) is 10.2 Å². The average molecular weight is 363 g/mol. The average Bonchev–Trinajstić information content (AvgIpc) is 2.61. The Bertz CT molecular complexity index is 576. The lowest BCUT2D eigenvalue weighted by Gasteiger charge is -2.20. The maximum Gasteiger partial charge on any atom is 0.241 e. The van der Waals surface area contributed by atoms with Gasteiger partial charge in [0.05, 0.1) is 6.10 Å². The van der Waals surface area contributed by atoms with Crippen molar-refractivity contribution in [1.82, 2.24) is 16.0 Å². The van der Waals surface area contributed by atoms with Crippen molar-refractivity contribution < 1.29 is 9.90 Å². The van der Waals surface area contributed by atoms with E-state index in [9.17, 15) is 9.90 Å². The molecule has 1 atom stereocenters. The molecule has 26 heavy (non-hydrogen) atoms. The maximum absolute atomic E-state index is 11.7. The molecule has 0 fully saturated rings. The SMILES string of the molecule is CCCNC(=O)CN=C(NCC)NCC(O)c1ccc(C(C)(C)C)cc1. The summed E-state index contributed by atoms with van der Waals surface area (Å²) in [5, 5.41) is 19.3. The van der Waals surface area contributed by atoms with Crippen LogP contribution in [0, 0.1) is 0 Å². The van der Waals surface area contributed by atoms with Gasteiger partial charge in [0.25, 0.3) is 0 Å². The topological polar surface area (TPSA) is 85.8 Å². The molecule has 0 aliphatic rings. The van der Waals surface area contributed by atoms with Gasteiger partial charge in [-0.05, 0) is 29.9 Å². The first kappa shape index (κ1) is 22.0. The summed E-state index contributed by atoms with van der Waals surface area (Å²) in [5.74, 6) is 0.409. The van der Waals surface area contributed by atoms with Crippen molar-refractivity contribution >= 4 is 11.9 Å². The zero-order valence-electron chi connectivity index (χ0n) is 16.7. The minimum absolute atomic E-state index is 0.0612. The highest BCUT2D eigenvalue weighted by Crippen LogP contribution is 2.23. The van der Waals surface area contributed by atoms with Crippen molar-refractivity contribution in [3.8, 4) is 0 Å². The van der Waals surface area contributed by atoms with E-state index in [2.05, 4.69) is 53.8 Å². The molecule has 1 rings (SSSR count). The van der Waals surface area contributed by atoms with E-state index in [0.29, 0.717) is 25.6 Å². The number of rotatable bonds is 8. The number of nitrogens with zero attached hydrogens (tertiary/aromatic N) is 1. The van der Waals surface area contributed by atoms with Gasteiger partial charge in [0.1, 0.15) is 6.54 Å². The molecule has 4 N–H and O–H groups in total. The molecule has 1 aromatic rings. The number of aliphatic hydroxyl groups is 1. The van der Waals surface area contributed by atoms with Gasteiger partial charge in [-0.1, -0.05) is 52.0 Å². The van der Waals surface area contributed by atoms with Gasteiger partial charge in [0, 0.05) is 19.6 Å². The summed E-state index contributed by atoms with van der Waals surface area (Å²) in [6.07, 6.45) is 0.246. The molecular weight excluding hydrogens is 328 g/mol. The molecule has 0 heterocycles. The summed E-state index contributed by atoms with van der Waals surface area (Å²) < 4.78 is 0. The summed E-state index contributed by atoms with van der Waals surface area (Å²) in [6.45, 7) is 12.2. The Morgan fingerprint density at radius 1 is 1.12 bits per heavy atom. The number of amides is 1. The number of guanidine groups is 1. The first-order chi connectivity index (χ1) is 12.3. The zero-order valence-corrected chi connectivity index (χ0v) is 16.7. The normalized spacial score (nSPS) is 13.2. The van der Waals surface area contributed by atoms with Gasteiger partial charge in [0.15, 0.2) is 5.96 Å². The van der Waals surface area contributed by atoms with E-state index in [1.54, 1.807) is 0 Å². The zero-order chi connectivity index (χ0) is 19.6. The largest absolute Gasteiger partial charge is 0.387 e. The molecule has 1 unspecified atom stereocenters. The second-order valence-corrected chi connectivity index (χ2v) is 7.31. The molecule has 0 aliphatic carbocycles. The summed E-state index contributed by atoms with van der Waals surface area (Å²) in [5.41, 5.74) is 2.17. The third-order valence-electron chi connectivity index (χ3n) is 3.92. The second kappa shape index (κ2) is 10.8. The number of hydrogen-bond acceptors (Lipinski definition) is 3. The standard InChI is InChI=1S/C20H34N4O2/c1-6-12-22-18(26)14-24-19(21-7-2)23-13-17(25)15-8-10-16(11-9-15)20(3,4)5/h8-11,17,25H,6-7,12-14H2,1-5H3,(H,22,26)(H2,21,23,24). The molecule has 0 aliphatic heterocycles. The van der Waals surface area contributed by atoms with Crippen molar-refractivity contribution in [2.24, 2.45) is 4.99 Å². The Kier molecular flexibility index (Phi) is 9.13. The van der Waals surface area contributed by atoms with Crippen LogP contribution in [0.25, 0.3) is 0 Å². The maximum atomic E-state index is 11.7. The lowest BCUT2D eigenvalue weighted by molar-refractivity contribution is -0.119. The van der Waals surface area contributed by atoms with Gasteiger partial charge >= 0.3 is 0 Å². The first-order valence-electron chi connectivity index (χ1n) is 9.35. The Balaban J connectivity index is 2.60. The van der Waals surface area contributed by atoms with Crippen LogP contribution in [0.15, 0.2) is 29.3 Å². The molecule has 0 bridgehead atoms. The second-order valence-electron chi connectivity index (χ2n) is 7.31. The van der Waals surface area contributed by atoms with Gasteiger partial charge in [-0.2, -0.15) is 0 Å². The number of carbonyl (C=O) groups is 1. The molecule has 1 aromatic carbocycles. The van der Waals surface area contributed by atoms with Crippen LogP contribution in [-0.4, -0.2) is 43.2 Å². The molecule has 1 amide bonds. The van der Waals surface area contributed by atoms with Crippen LogP contribution in [0.4, 0.5) is 0 Å². The Morgan fingerprint density at radius 2 is 1.77 bits per heavy atom. The number of aliphatic hydroxyl groups excluding tert-OH is 1. The van der Waals surface area contributed by atoms with Crippen molar-refractivity contribution in [3.63, 3.8) is 0 Å². The molecule has 0 radical (unpaired) electrons. The van der Waals surface area contributed by atoms with E-state index in [0.717, 1.165) is 12.0 Å². The molecule has 0 spiro atoms. The molecule has 0 aromatic heterocycles. The minimum atomic E-state index is -0.651. The van der Waals surface area contributed by atoms with Gasteiger partial charge < -0.3 is 21.1 Å². The minimum Gasteiger partial charge on any atom is -0.387 e. The molecule has 6 nitrogen and oxygen atoms in total. The fraction of sp³-hybridized carbons (Fsp3) is 0.600. The van der Waals surface area contributed by atoms with Gasteiger partial charge in [-0.15, -0.1) is 0 Å². The smallest absolute Gasteiger partial charge is 0.241 e. The van der Waals surface area contributed by atoms with Gasteiger partial charge in [-0.25, -0.2) is 4.99 Å². The van der Waals surface area contributed by atoms with E-state index < -0.39 is 6.10 Å². The summed E-state index contributed by atoms with van der Waals surface area (Å²) in [4.78, 5) is 15.9. The predicted molar refractivity (Wildman–Crippen MR) is 107 cm³/mol. The van der Waals surface area contributed by atoms with E-state index >= 15 is 0 Å². The summed E-state index contributed by atoms with van der Waals surface area (Å²) >= 11 is 0. The van der Waals surface area contributed by atoms with Crippen molar-refractivity contribution in [3.05, 3.63) is 35.4 Å². The first-order valence-corrected chi connectivity index (χ1v) is 9.35. The van der Waals surface area contributed by atoms with Crippen LogP contribution >= 0.6 is 0 Å². The molecule has 146 valence electrons. The quantitative estimate of drug-likeness (QED) is 0.421. The fourth-order valence-corrected chi connectivity index (χ4v) is 2.33. The monoisotopic (exact) mass is 362 g/mol. The number of hydrogen-bond donors (Lipinski definition) is 4. The van der Waals surface area contributed by atoms with E-state index in [1.165, 1.54) is 5.56 Å². The number of nitrogens with one attached hydrogen (secondary N) is 3. The highest BCUT2D eigenvalue weighted by atomic mass is 16.3. The number of carbonyl (C=O) groups excluding carboxylic acids is 1. The van der Waals surface area contributed by atoms with Crippen molar-refractivity contribution in [2.75, 3.05) is 26.2 Å². The van der Waals surface area contributed by atoms with Crippen molar-refractivity contribution in [1.29, 1.82) is 0 Å². The lowest BCUT2D eigenvalue weighted by atomic mass is 9.86. The molecule has 0 saturated heterocycles. The number of benzene rings is 1. The van der Waals surface area contributed by atoms with E-state index in [1.807, 2.05) is 26.0 Å². The van der Waals surface area contributed by atoms with Crippen LogP contribution in [0.1, 0.15) is 58.3 Å². The van der Waals surface area contributed by atoms with Crippen LogP contribution in [0.3, 0.4) is 0 Å². The Morgan fingerprint density at radius 3 is 2.31 bits per heavy atom. The lowest BCUT2D eigenvalue weighted by Crippen LogP contribution is -2.40. The highest BCUT2D eigenvalue weighted by molar-refractivity contribution is 5.84. The Hall–Kier alpha value is -2.08. The molecular formula is C20H34N4O2. The summed E-state index contributed by atoms with van der Waals surface area (Å²) in [6, 6.07) is 8.01. The number of aliphatic imine (C=N–C) groups is 1. The molecule has 6 heteroatoms. The third kappa shape index (κ3) is 7.87. The van der Waals surface area contributed by atoms with Crippen LogP contribution < -0.4 is 16.0 Å². The van der Waals surface area contributed by atoms with Gasteiger partial charge in [-0.3, -0.25) is 4.79 Å². The highest BCUT2D eigenvalue weighted by Gasteiger charge is 2.15. The third-order valence-corrected chi connectivity index (χ3v) is 3.92. The van der Waals surface area contributed by atoms with E-state index in [4.69, 9.17) is 0 Å². The Labute approximate surface area is 157 Å². The van der Waals surface area contributed by atoms with Crippen LogP contribution in [0.5, 0.6) is 0 Å². The van der Waals surface area contributed by atoms with E-state index in [-0.39, 0.29) is 17.9 Å². The fourth-order valence-electron chi connectivity index (χ4n) is 2.33. The van der Waals surface area contributed by atoms with Crippen molar-refractivity contribution in [2.45, 2.75) is 52.6 Å². The van der Waals surface area contributed by atoms with Crippen LogP contribution in [0.2, 0.25) is 0 Å².